The van der Waals surface area contributed by atoms with Gasteiger partial charge in [0.15, 0.2) is 3.77 Å². The lowest BCUT2D eigenvalue weighted by molar-refractivity contribution is -0.122. The molecule has 122 valence electrons. The molecular formula is C17H13IN2O4. The van der Waals surface area contributed by atoms with Gasteiger partial charge in [-0.05, 0) is 77.9 Å². The first kappa shape index (κ1) is 16.4. The Morgan fingerprint density at radius 1 is 1.08 bits per heavy atom. The van der Waals surface area contributed by atoms with Gasteiger partial charge in [0, 0.05) is 0 Å². The molecule has 1 aromatic heterocycles. The molecule has 7 heteroatoms. The van der Waals surface area contributed by atoms with E-state index in [1.807, 2.05) is 42.5 Å². The molecule has 0 spiro atoms. The maximum atomic E-state index is 12.7. The Kier molecular flexibility index (Phi) is 4.27. The Hall–Kier alpha value is -2.42. The summed E-state index contributed by atoms with van der Waals surface area (Å²) in [5.74, 6) is -1.05. The first-order valence-electron chi connectivity index (χ1n) is 7.11. The van der Waals surface area contributed by atoms with Gasteiger partial charge in [-0.25, -0.2) is 9.69 Å². The summed E-state index contributed by atoms with van der Waals surface area (Å²) < 4.78 is 5.99. The van der Waals surface area contributed by atoms with Gasteiger partial charge in [-0.3, -0.25) is 14.9 Å². The van der Waals surface area contributed by atoms with Gasteiger partial charge in [0.05, 0.1) is 5.69 Å². The van der Waals surface area contributed by atoms with Crippen molar-refractivity contribution in [2.75, 3.05) is 4.90 Å². The number of barbiturate groups is 1. The Morgan fingerprint density at radius 2 is 1.83 bits per heavy atom. The lowest BCUT2D eigenvalue weighted by atomic mass is 10.1. The van der Waals surface area contributed by atoms with Crippen molar-refractivity contribution in [1.82, 2.24) is 5.32 Å². The number of halogens is 1. The molecular weight excluding hydrogens is 423 g/mol. The Bertz CT molecular complexity index is 898. The van der Waals surface area contributed by atoms with Crippen molar-refractivity contribution in [3.63, 3.8) is 0 Å². The minimum atomic E-state index is -0.764. The molecule has 0 radical (unpaired) electrons. The highest BCUT2D eigenvalue weighted by atomic mass is 127. The van der Waals surface area contributed by atoms with E-state index in [2.05, 4.69) is 5.32 Å². The number of imide groups is 2. The van der Waals surface area contributed by atoms with Gasteiger partial charge in [-0.1, -0.05) is 6.07 Å². The van der Waals surface area contributed by atoms with Crippen molar-refractivity contribution in [3.8, 4) is 0 Å². The second-order valence-corrected chi connectivity index (χ2v) is 6.43. The van der Waals surface area contributed by atoms with Gasteiger partial charge in [0.2, 0.25) is 0 Å². The van der Waals surface area contributed by atoms with E-state index in [0.717, 1.165) is 16.0 Å². The topological polar surface area (TPSA) is 79.6 Å². The number of amides is 4. The molecule has 2 aromatic rings. The summed E-state index contributed by atoms with van der Waals surface area (Å²) in [6.07, 6.45) is 1.33. The molecule has 3 rings (SSSR count). The van der Waals surface area contributed by atoms with Gasteiger partial charge in [-0.15, -0.1) is 0 Å². The van der Waals surface area contributed by atoms with Crippen molar-refractivity contribution in [3.05, 3.63) is 56.6 Å². The molecule has 2 heterocycles. The van der Waals surface area contributed by atoms with Gasteiger partial charge >= 0.3 is 6.03 Å². The van der Waals surface area contributed by atoms with Crippen LogP contribution < -0.4 is 10.2 Å². The normalized spacial score (nSPS) is 16.7. The average Bonchev–Trinajstić information content (AvgIpc) is 2.92. The Balaban J connectivity index is 2.02. The molecule has 24 heavy (non-hydrogen) atoms. The highest BCUT2D eigenvalue weighted by Gasteiger charge is 2.37. The van der Waals surface area contributed by atoms with Crippen LogP contribution in [0.4, 0.5) is 10.5 Å². The number of nitrogens with one attached hydrogen (secondary N) is 1. The molecule has 0 unspecified atom stereocenters. The number of carbonyl (C=O) groups is 3. The zero-order valence-corrected chi connectivity index (χ0v) is 15.1. The van der Waals surface area contributed by atoms with Crippen LogP contribution in [0.3, 0.4) is 0 Å². The maximum Gasteiger partial charge on any atom is 0.335 e. The smallest absolute Gasteiger partial charge is 0.335 e. The number of nitrogens with zero attached hydrogens (tertiary/aromatic N) is 1. The summed E-state index contributed by atoms with van der Waals surface area (Å²) in [7, 11) is 0. The highest BCUT2D eigenvalue weighted by Crippen LogP contribution is 2.24. The van der Waals surface area contributed by atoms with Gasteiger partial charge in [0.1, 0.15) is 11.3 Å². The lowest BCUT2D eigenvalue weighted by Gasteiger charge is -2.26. The predicted molar refractivity (Wildman–Crippen MR) is 96.3 cm³/mol. The molecule has 1 aromatic carbocycles. The zero-order valence-electron chi connectivity index (χ0n) is 12.9. The number of carbonyl (C=O) groups excluding carboxylic acids is 3. The molecule has 1 fully saturated rings. The van der Waals surface area contributed by atoms with Crippen LogP contribution in [0.5, 0.6) is 0 Å². The maximum absolute atomic E-state index is 12.7. The number of furan rings is 1. The van der Waals surface area contributed by atoms with E-state index in [1.54, 1.807) is 24.3 Å². The van der Waals surface area contributed by atoms with E-state index < -0.39 is 17.8 Å². The molecule has 4 amide bonds. The van der Waals surface area contributed by atoms with E-state index in [4.69, 9.17) is 4.42 Å². The molecule has 0 saturated carbocycles. The summed E-state index contributed by atoms with van der Waals surface area (Å²) in [6, 6.07) is 7.81. The molecule has 0 atom stereocenters. The fraction of sp³-hybridized carbons (Fsp3) is 0.118. The summed E-state index contributed by atoms with van der Waals surface area (Å²) in [5, 5.41) is 2.18. The van der Waals surface area contributed by atoms with Crippen molar-refractivity contribution in [2.45, 2.75) is 13.8 Å². The van der Waals surface area contributed by atoms with Crippen LogP contribution in [0.2, 0.25) is 0 Å². The standard InChI is InChI=1S/C17H13IN2O4/c1-9-3-4-11(7-10(9)2)20-16(22)13(15(21)19-17(20)23)8-12-5-6-14(18)24-12/h3-8H,1-2H3,(H,19,21,23). The number of hydrogen-bond acceptors (Lipinski definition) is 4. The van der Waals surface area contributed by atoms with Crippen LogP contribution in [-0.2, 0) is 9.59 Å². The minimum absolute atomic E-state index is 0.154. The van der Waals surface area contributed by atoms with Gasteiger partial charge in [0.25, 0.3) is 11.8 Å². The fourth-order valence-corrected chi connectivity index (χ4v) is 2.74. The molecule has 1 saturated heterocycles. The third kappa shape index (κ3) is 2.99. The second kappa shape index (κ2) is 6.23. The molecule has 0 bridgehead atoms. The van der Waals surface area contributed by atoms with Crippen LogP contribution >= 0.6 is 22.6 Å². The van der Waals surface area contributed by atoms with E-state index >= 15 is 0 Å². The zero-order chi connectivity index (χ0) is 17.4. The van der Waals surface area contributed by atoms with Gasteiger partial charge < -0.3 is 4.42 Å². The molecule has 1 aliphatic rings. The predicted octanol–water partition coefficient (Wildman–Crippen LogP) is 3.17. The third-order valence-electron chi connectivity index (χ3n) is 3.73. The Labute approximate surface area is 151 Å². The highest BCUT2D eigenvalue weighted by molar-refractivity contribution is 14.1. The first-order chi connectivity index (χ1) is 11.4. The van der Waals surface area contributed by atoms with Crippen LogP contribution in [0.25, 0.3) is 6.08 Å². The third-order valence-corrected chi connectivity index (χ3v) is 4.31. The van der Waals surface area contributed by atoms with E-state index in [-0.39, 0.29) is 5.57 Å². The van der Waals surface area contributed by atoms with Crippen molar-refractivity contribution in [1.29, 1.82) is 0 Å². The number of rotatable bonds is 2. The molecule has 6 nitrogen and oxygen atoms in total. The first-order valence-corrected chi connectivity index (χ1v) is 8.19. The van der Waals surface area contributed by atoms with Crippen LogP contribution in [0, 0.1) is 17.6 Å². The van der Waals surface area contributed by atoms with E-state index in [1.165, 1.54) is 6.08 Å². The summed E-state index contributed by atoms with van der Waals surface area (Å²) >= 11 is 1.98. The van der Waals surface area contributed by atoms with E-state index in [0.29, 0.717) is 15.2 Å². The second-order valence-electron chi connectivity index (χ2n) is 5.37. The number of hydrogen-bond donors (Lipinski definition) is 1. The van der Waals surface area contributed by atoms with Crippen LogP contribution in [0.15, 0.2) is 40.3 Å². The fourth-order valence-electron chi connectivity index (χ4n) is 2.30. The number of benzene rings is 1. The number of aryl methyl sites for hydroxylation is 2. The lowest BCUT2D eigenvalue weighted by Crippen LogP contribution is -2.54. The number of anilines is 1. The van der Waals surface area contributed by atoms with Crippen LogP contribution in [-0.4, -0.2) is 17.8 Å². The quantitative estimate of drug-likeness (QED) is 0.446. The average molecular weight is 436 g/mol. The molecule has 1 N–H and O–H groups in total. The SMILES string of the molecule is Cc1ccc(N2C(=O)NC(=O)C(=Cc3ccc(I)o3)C2=O)cc1C. The van der Waals surface area contributed by atoms with Crippen LogP contribution in [0.1, 0.15) is 16.9 Å². The number of urea groups is 1. The largest absolute Gasteiger partial charge is 0.451 e. The van der Waals surface area contributed by atoms with E-state index in [9.17, 15) is 14.4 Å². The monoisotopic (exact) mass is 436 g/mol. The van der Waals surface area contributed by atoms with Gasteiger partial charge in [-0.2, -0.15) is 0 Å². The minimum Gasteiger partial charge on any atom is -0.451 e. The van der Waals surface area contributed by atoms with Crippen molar-refractivity contribution in [2.24, 2.45) is 0 Å². The molecule has 1 aliphatic heterocycles. The Morgan fingerprint density at radius 3 is 2.46 bits per heavy atom. The summed E-state index contributed by atoms with van der Waals surface area (Å²) in [5.41, 5.74) is 2.24. The summed E-state index contributed by atoms with van der Waals surface area (Å²) in [6.45, 7) is 3.82. The molecule has 0 aliphatic carbocycles. The van der Waals surface area contributed by atoms with Crippen molar-refractivity contribution >= 4 is 52.2 Å². The summed E-state index contributed by atoms with van der Waals surface area (Å²) in [4.78, 5) is 37.8. The van der Waals surface area contributed by atoms with Crippen molar-refractivity contribution < 1.29 is 18.8 Å².